The molecular weight excluding hydrogens is 364 g/mol. The highest BCUT2D eigenvalue weighted by molar-refractivity contribution is 5.38. The van der Waals surface area contributed by atoms with E-state index in [0.29, 0.717) is 11.8 Å². The normalized spacial score (nSPS) is 18.5. The molecule has 0 unspecified atom stereocenters. The first-order valence-electron chi connectivity index (χ1n) is 12.1. The molecule has 0 radical (unpaired) electrons. The molecule has 1 nitrogen and oxygen atoms in total. The minimum Gasteiger partial charge on any atom is -0.494 e. The number of aryl methyl sites for hydroxylation is 1. The molecule has 2 aromatic rings. The first-order valence-corrected chi connectivity index (χ1v) is 12.1. The Morgan fingerprint density at radius 2 is 1.50 bits per heavy atom. The van der Waals surface area contributed by atoms with E-state index in [4.69, 9.17) is 4.74 Å². The molecule has 1 heteroatoms. The zero-order valence-corrected chi connectivity index (χ0v) is 19.0. The van der Waals surface area contributed by atoms with Crippen molar-refractivity contribution in [2.45, 2.75) is 84.0 Å². The minimum absolute atomic E-state index is 0.537. The molecule has 0 atom stereocenters. The highest BCUT2D eigenvalue weighted by Crippen LogP contribution is 2.35. The van der Waals surface area contributed by atoms with Crippen molar-refractivity contribution < 1.29 is 4.74 Å². The van der Waals surface area contributed by atoms with Gasteiger partial charge in [-0.05, 0) is 86.3 Å². The van der Waals surface area contributed by atoms with Gasteiger partial charge in [-0.15, -0.1) is 0 Å². The topological polar surface area (TPSA) is 9.23 Å². The molecule has 0 N–H and O–H groups in total. The van der Waals surface area contributed by atoms with Gasteiger partial charge in [0.1, 0.15) is 5.75 Å². The van der Waals surface area contributed by atoms with Crippen LogP contribution in [0.25, 0.3) is 0 Å². The van der Waals surface area contributed by atoms with Gasteiger partial charge in [-0.2, -0.15) is 0 Å². The molecule has 1 aliphatic carbocycles. The molecule has 3 rings (SSSR count). The van der Waals surface area contributed by atoms with Crippen LogP contribution in [-0.2, 0) is 6.42 Å². The number of ether oxygens (including phenoxy) is 1. The first kappa shape index (κ1) is 22.5. The molecule has 0 heterocycles. The Morgan fingerprint density at radius 1 is 0.800 bits per heavy atom. The van der Waals surface area contributed by atoms with Gasteiger partial charge in [-0.25, -0.2) is 0 Å². The van der Waals surface area contributed by atoms with E-state index >= 15 is 0 Å². The average molecular weight is 403 g/mol. The van der Waals surface area contributed by atoms with E-state index in [1.165, 1.54) is 68.9 Å². The number of benzene rings is 2. The van der Waals surface area contributed by atoms with Gasteiger partial charge in [0.15, 0.2) is 0 Å². The molecule has 160 valence electrons. The summed E-state index contributed by atoms with van der Waals surface area (Å²) in [7, 11) is 0. The third-order valence-corrected chi connectivity index (χ3v) is 6.29. The monoisotopic (exact) mass is 402 g/mol. The summed E-state index contributed by atoms with van der Waals surface area (Å²) >= 11 is 0. The Morgan fingerprint density at radius 3 is 2.17 bits per heavy atom. The van der Waals surface area contributed by atoms with Crippen molar-refractivity contribution in [1.82, 2.24) is 0 Å². The van der Waals surface area contributed by atoms with Gasteiger partial charge < -0.3 is 4.74 Å². The summed E-state index contributed by atoms with van der Waals surface area (Å²) in [5, 5.41) is 0. The van der Waals surface area contributed by atoms with Crippen molar-refractivity contribution in [2.75, 3.05) is 6.61 Å². The standard InChI is InChI=1S/C29H38O/c1-3-5-7-23-30-29-21-15-26(16-22-29)10-9-25-13-19-28(20-14-25)27-17-11-24(12-18-27)8-6-4-2/h11-12,15-18,21-22,25,28H,3-8,13-14,19-20,23H2,1-2H3. The maximum Gasteiger partial charge on any atom is 0.119 e. The number of hydrogen-bond donors (Lipinski definition) is 0. The van der Waals surface area contributed by atoms with Crippen LogP contribution in [0, 0.1) is 17.8 Å². The quantitative estimate of drug-likeness (QED) is 0.306. The van der Waals surface area contributed by atoms with Crippen LogP contribution in [0.3, 0.4) is 0 Å². The minimum atomic E-state index is 0.537. The fourth-order valence-electron chi connectivity index (χ4n) is 4.27. The van der Waals surface area contributed by atoms with Crippen molar-refractivity contribution in [1.29, 1.82) is 0 Å². The SMILES string of the molecule is CCCCCOc1ccc(C#CC2CCC(c3ccc(CCCC)cc3)CC2)cc1. The molecule has 0 bridgehead atoms. The van der Waals surface area contributed by atoms with Gasteiger partial charge in [0.25, 0.3) is 0 Å². The van der Waals surface area contributed by atoms with E-state index in [9.17, 15) is 0 Å². The van der Waals surface area contributed by atoms with Crippen LogP contribution in [-0.4, -0.2) is 6.61 Å². The first-order chi connectivity index (χ1) is 14.8. The van der Waals surface area contributed by atoms with Crippen molar-refractivity contribution in [3.05, 3.63) is 65.2 Å². The van der Waals surface area contributed by atoms with E-state index < -0.39 is 0 Å². The third kappa shape index (κ3) is 7.24. The molecule has 1 fully saturated rings. The highest BCUT2D eigenvalue weighted by atomic mass is 16.5. The van der Waals surface area contributed by atoms with E-state index in [2.05, 4.69) is 74.2 Å². The van der Waals surface area contributed by atoms with Crippen LogP contribution in [0.5, 0.6) is 5.75 Å². The summed E-state index contributed by atoms with van der Waals surface area (Å²) in [5.74, 6) is 9.13. The van der Waals surface area contributed by atoms with E-state index in [1.54, 1.807) is 0 Å². The summed E-state index contributed by atoms with van der Waals surface area (Å²) in [5.41, 5.74) is 4.11. The molecule has 0 spiro atoms. The molecule has 2 aromatic carbocycles. The fraction of sp³-hybridized carbons (Fsp3) is 0.517. The number of hydrogen-bond acceptors (Lipinski definition) is 1. The second kappa shape index (κ2) is 12.5. The Labute approximate surface area is 184 Å². The molecule has 30 heavy (non-hydrogen) atoms. The van der Waals surface area contributed by atoms with E-state index in [0.717, 1.165) is 24.3 Å². The maximum absolute atomic E-state index is 5.79. The number of rotatable bonds is 9. The Bertz CT molecular complexity index is 783. The summed E-state index contributed by atoms with van der Waals surface area (Å²) in [6.45, 7) is 5.28. The van der Waals surface area contributed by atoms with Crippen molar-refractivity contribution in [2.24, 2.45) is 5.92 Å². The summed E-state index contributed by atoms with van der Waals surface area (Å²) in [6, 6.07) is 17.7. The maximum atomic E-state index is 5.79. The predicted octanol–water partition coefficient (Wildman–Crippen LogP) is 7.92. The molecule has 0 amide bonds. The Hall–Kier alpha value is -2.20. The highest BCUT2D eigenvalue weighted by Gasteiger charge is 2.21. The van der Waals surface area contributed by atoms with Crippen molar-refractivity contribution >= 4 is 0 Å². The predicted molar refractivity (Wildman–Crippen MR) is 128 cm³/mol. The molecule has 1 aliphatic rings. The molecule has 0 saturated heterocycles. The summed E-state index contributed by atoms with van der Waals surface area (Å²) in [4.78, 5) is 0. The van der Waals surface area contributed by atoms with Crippen LogP contribution < -0.4 is 4.74 Å². The zero-order valence-electron chi connectivity index (χ0n) is 19.0. The van der Waals surface area contributed by atoms with Gasteiger partial charge >= 0.3 is 0 Å². The van der Waals surface area contributed by atoms with E-state index in [-0.39, 0.29) is 0 Å². The lowest BCUT2D eigenvalue weighted by Crippen LogP contribution is -2.12. The van der Waals surface area contributed by atoms with Gasteiger partial charge in [-0.3, -0.25) is 0 Å². The average Bonchev–Trinajstić information content (AvgIpc) is 2.81. The molecule has 0 aromatic heterocycles. The van der Waals surface area contributed by atoms with Gasteiger partial charge in [-0.1, -0.05) is 69.2 Å². The summed E-state index contributed by atoms with van der Waals surface area (Å²) in [6.07, 6.45) is 12.3. The smallest absolute Gasteiger partial charge is 0.119 e. The summed E-state index contributed by atoms with van der Waals surface area (Å²) < 4.78 is 5.79. The number of unbranched alkanes of at least 4 members (excludes halogenated alkanes) is 3. The van der Waals surface area contributed by atoms with Gasteiger partial charge in [0, 0.05) is 11.5 Å². The van der Waals surface area contributed by atoms with Gasteiger partial charge in [0.2, 0.25) is 0 Å². The molecular formula is C29H38O. The molecule has 0 aliphatic heterocycles. The zero-order chi connectivity index (χ0) is 21.0. The lowest BCUT2D eigenvalue weighted by Gasteiger charge is -2.26. The van der Waals surface area contributed by atoms with Crippen LogP contribution in [0.1, 0.15) is 94.2 Å². The van der Waals surface area contributed by atoms with Crippen molar-refractivity contribution in [3.63, 3.8) is 0 Å². The fourth-order valence-corrected chi connectivity index (χ4v) is 4.27. The Balaban J connectivity index is 1.44. The van der Waals surface area contributed by atoms with Crippen LogP contribution in [0.15, 0.2) is 48.5 Å². The third-order valence-electron chi connectivity index (χ3n) is 6.29. The Kier molecular flexibility index (Phi) is 9.36. The second-order valence-electron chi connectivity index (χ2n) is 8.74. The lowest BCUT2D eigenvalue weighted by molar-refractivity contribution is 0.306. The van der Waals surface area contributed by atoms with Crippen LogP contribution in [0.4, 0.5) is 0 Å². The van der Waals surface area contributed by atoms with Crippen LogP contribution >= 0.6 is 0 Å². The largest absolute Gasteiger partial charge is 0.494 e. The van der Waals surface area contributed by atoms with E-state index in [1.807, 2.05) is 0 Å². The van der Waals surface area contributed by atoms with Crippen molar-refractivity contribution in [3.8, 4) is 17.6 Å². The molecule has 1 saturated carbocycles. The second-order valence-corrected chi connectivity index (χ2v) is 8.74. The van der Waals surface area contributed by atoms with Crippen LogP contribution in [0.2, 0.25) is 0 Å². The lowest BCUT2D eigenvalue weighted by atomic mass is 9.78. The van der Waals surface area contributed by atoms with Gasteiger partial charge in [0.05, 0.1) is 6.61 Å².